The van der Waals surface area contributed by atoms with Crippen molar-refractivity contribution in [2.75, 3.05) is 6.61 Å². The largest absolute Gasteiger partial charge is 0.518 e. The molecule has 0 fully saturated rings. The van der Waals surface area contributed by atoms with E-state index < -0.39 is 6.16 Å². The summed E-state index contributed by atoms with van der Waals surface area (Å²) in [5.41, 5.74) is 2.90. The number of hydrogen-bond acceptors (Lipinski definition) is 7. The summed E-state index contributed by atoms with van der Waals surface area (Å²) in [6, 6.07) is 23.5. The van der Waals surface area contributed by atoms with Crippen molar-refractivity contribution in [3.63, 3.8) is 0 Å². The van der Waals surface area contributed by atoms with Gasteiger partial charge >= 0.3 is 6.16 Å². The third-order valence-corrected chi connectivity index (χ3v) is 7.68. The summed E-state index contributed by atoms with van der Waals surface area (Å²) < 4.78 is 16.9. The number of ketones is 1. The van der Waals surface area contributed by atoms with Crippen LogP contribution in [0.5, 0.6) is 11.5 Å². The van der Waals surface area contributed by atoms with Crippen LogP contribution in [-0.2, 0) is 4.74 Å². The Hall–Kier alpha value is -4.46. The van der Waals surface area contributed by atoms with E-state index in [-0.39, 0.29) is 17.0 Å². The Morgan fingerprint density at radius 3 is 2.42 bits per heavy atom. The first-order valence-corrected chi connectivity index (χ1v) is 13.7. The zero-order valence-electron chi connectivity index (χ0n) is 21.4. The van der Waals surface area contributed by atoms with Crippen LogP contribution in [0.4, 0.5) is 4.79 Å². The summed E-state index contributed by atoms with van der Waals surface area (Å²) in [7, 11) is 0. The molecule has 0 unspecified atom stereocenters. The van der Waals surface area contributed by atoms with Crippen molar-refractivity contribution in [1.29, 1.82) is 0 Å². The molecule has 1 aliphatic rings. The van der Waals surface area contributed by atoms with Gasteiger partial charge < -0.3 is 14.2 Å². The molecule has 0 atom stereocenters. The molecule has 1 heterocycles. The normalized spacial score (nSPS) is 11.3. The molecule has 0 radical (unpaired) electrons. The number of halogens is 1. The Balaban J connectivity index is 0.000000161. The summed E-state index contributed by atoms with van der Waals surface area (Å²) in [4.78, 5) is 36.1. The molecule has 1 aromatic heterocycles. The second-order valence-electron chi connectivity index (χ2n) is 8.74. The molecule has 0 saturated carbocycles. The molecule has 0 amide bonds. The van der Waals surface area contributed by atoms with Gasteiger partial charge in [-0.2, -0.15) is 0 Å². The third kappa shape index (κ3) is 5.21. The fourth-order valence-electron chi connectivity index (χ4n) is 4.42. The van der Waals surface area contributed by atoms with Gasteiger partial charge in [-0.05, 0) is 60.0 Å². The number of benzene rings is 4. The predicted octanol–water partition coefficient (Wildman–Crippen LogP) is 8.41. The standard InChI is InChI=1S/C16H13ClO2S.C16H10O4/c1-2-9-19-12-8-7-11(17)14-15(18)10-5-3-4-6-13(10)20-16(12)14;1-2-19-16(18)20-10-7-8-12-11-5-3-4-6-13(11)15(17)14(12)9-10/h3-8H,2,9H2,1H3;2-9H,1H2. The van der Waals surface area contributed by atoms with Crippen molar-refractivity contribution in [2.24, 2.45) is 0 Å². The Labute approximate surface area is 239 Å². The van der Waals surface area contributed by atoms with Gasteiger partial charge in [0.1, 0.15) is 11.5 Å². The fourth-order valence-corrected chi connectivity index (χ4v) is 5.89. The summed E-state index contributed by atoms with van der Waals surface area (Å²) in [6.07, 6.45) is 1.02. The molecule has 5 aromatic rings. The van der Waals surface area contributed by atoms with Gasteiger partial charge in [0.15, 0.2) is 11.2 Å². The molecule has 8 heteroatoms. The molecular weight excluding hydrogens is 548 g/mol. The SMILES string of the molecule is C=COC(=O)Oc1ccc2c(c1)C(=O)c1ccccc1-2.CCCOc1ccc(Cl)c2c(=O)c3ccccc3sc12. The lowest BCUT2D eigenvalue weighted by molar-refractivity contribution is 0.104. The lowest BCUT2D eigenvalue weighted by atomic mass is 10.1. The van der Waals surface area contributed by atoms with Crippen molar-refractivity contribution in [3.05, 3.63) is 118 Å². The van der Waals surface area contributed by atoms with E-state index in [1.807, 2.05) is 48.5 Å². The van der Waals surface area contributed by atoms with Crippen LogP contribution in [0.25, 0.3) is 31.3 Å². The molecule has 6 rings (SSSR count). The highest BCUT2D eigenvalue weighted by Crippen LogP contribution is 2.38. The Morgan fingerprint density at radius 2 is 1.65 bits per heavy atom. The molecule has 0 aliphatic heterocycles. The van der Waals surface area contributed by atoms with Crippen LogP contribution in [0.3, 0.4) is 0 Å². The molecule has 1 aliphatic carbocycles. The van der Waals surface area contributed by atoms with Gasteiger partial charge in [-0.1, -0.05) is 61.5 Å². The van der Waals surface area contributed by atoms with Crippen molar-refractivity contribution < 1.29 is 23.8 Å². The molecule has 40 heavy (non-hydrogen) atoms. The molecule has 200 valence electrons. The highest BCUT2D eigenvalue weighted by atomic mass is 35.5. The predicted molar refractivity (Wildman–Crippen MR) is 159 cm³/mol. The zero-order valence-corrected chi connectivity index (χ0v) is 23.0. The molecular formula is C32H23ClO6S. The van der Waals surface area contributed by atoms with Gasteiger partial charge in [0, 0.05) is 21.2 Å². The molecule has 0 N–H and O–H groups in total. The first-order chi connectivity index (χ1) is 19.4. The van der Waals surface area contributed by atoms with Gasteiger partial charge in [-0.3, -0.25) is 9.59 Å². The van der Waals surface area contributed by atoms with E-state index in [1.165, 1.54) is 0 Å². The summed E-state index contributed by atoms with van der Waals surface area (Å²) in [6.45, 7) is 5.94. The van der Waals surface area contributed by atoms with Gasteiger partial charge in [-0.15, -0.1) is 11.3 Å². The fraction of sp³-hybridized carbons (Fsp3) is 0.0938. The van der Waals surface area contributed by atoms with Crippen LogP contribution in [0.1, 0.15) is 29.3 Å². The van der Waals surface area contributed by atoms with Crippen LogP contribution < -0.4 is 14.9 Å². The monoisotopic (exact) mass is 570 g/mol. The lowest BCUT2D eigenvalue weighted by Crippen LogP contribution is -2.07. The van der Waals surface area contributed by atoms with Crippen molar-refractivity contribution in [3.8, 4) is 22.6 Å². The van der Waals surface area contributed by atoms with E-state index in [4.69, 9.17) is 21.1 Å². The van der Waals surface area contributed by atoms with E-state index in [9.17, 15) is 14.4 Å². The van der Waals surface area contributed by atoms with Crippen molar-refractivity contribution >= 4 is 55.0 Å². The van der Waals surface area contributed by atoms with E-state index >= 15 is 0 Å². The maximum absolute atomic E-state index is 12.6. The van der Waals surface area contributed by atoms with Gasteiger partial charge in [-0.25, -0.2) is 4.79 Å². The Morgan fingerprint density at radius 1 is 0.925 bits per heavy atom. The first-order valence-electron chi connectivity index (χ1n) is 12.5. The van der Waals surface area contributed by atoms with Crippen LogP contribution in [0.15, 0.2) is 96.5 Å². The van der Waals surface area contributed by atoms with Crippen LogP contribution in [0.2, 0.25) is 5.02 Å². The minimum absolute atomic E-state index is 0.0266. The van der Waals surface area contributed by atoms with E-state index in [1.54, 1.807) is 41.7 Å². The van der Waals surface area contributed by atoms with Crippen LogP contribution in [0, 0.1) is 0 Å². The number of fused-ring (bicyclic) bond motifs is 5. The minimum Gasteiger partial charge on any atom is -0.492 e. The number of hydrogen-bond donors (Lipinski definition) is 0. The third-order valence-electron chi connectivity index (χ3n) is 6.18. The lowest BCUT2D eigenvalue weighted by Gasteiger charge is -2.09. The smallest absolute Gasteiger partial charge is 0.492 e. The number of ether oxygens (including phenoxy) is 3. The van der Waals surface area contributed by atoms with Crippen molar-refractivity contribution in [2.45, 2.75) is 13.3 Å². The summed E-state index contributed by atoms with van der Waals surface area (Å²) >= 11 is 7.77. The topological polar surface area (TPSA) is 78.9 Å². The maximum atomic E-state index is 12.6. The van der Waals surface area contributed by atoms with E-state index in [0.29, 0.717) is 33.5 Å². The van der Waals surface area contributed by atoms with Gasteiger partial charge in [0.25, 0.3) is 0 Å². The average Bonchev–Trinajstić information content (AvgIpc) is 3.24. The minimum atomic E-state index is -0.886. The molecule has 6 nitrogen and oxygen atoms in total. The zero-order chi connectivity index (χ0) is 28.2. The summed E-state index contributed by atoms with van der Waals surface area (Å²) in [5.74, 6) is 0.925. The van der Waals surface area contributed by atoms with Crippen LogP contribution >= 0.6 is 22.9 Å². The Bertz CT molecular complexity index is 1840. The summed E-state index contributed by atoms with van der Waals surface area (Å²) in [5, 5.41) is 1.75. The average molecular weight is 571 g/mol. The quantitative estimate of drug-likeness (QED) is 0.0895. The second kappa shape index (κ2) is 11.7. The molecule has 0 bridgehead atoms. The highest BCUT2D eigenvalue weighted by molar-refractivity contribution is 7.25. The molecule has 0 saturated heterocycles. The Kier molecular flexibility index (Phi) is 7.96. The molecule has 0 spiro atoms. The highest BCUT2D eigenvalue weighted by Gasteiger charge is 2.26. The van der Waals surface area contributed by atoms with E-state index in [0.717, 1.165) is 39.0 Å². The second-order valence-corrected chi connectivity index (χ2v) is 10.2. The molecule has 4 aromatic carbocycles. The number of rotatable bonds is 5. The number of carbonyl (C=O) groups excluding carboxylic acids is 2. The van der Waals surface area contributed by atoms with Crippen LogP contribution in [-0.4, -0.2) is 18.5 Å². The number of carbonyl (C=O) groups is 2. The van der Waals surface area contributed by atoms with Gasteiger partial charge in [0.2, 0.25) is 0 Å². The maximum Gasteiger partial charge on any atom is 0.518 e. The van der Waals surface area contributed by atoms with E-state index in [2.05, 4.69) is 18.2 Å². The van der Waals surface area contributed by atoms with Gasteiger partial charge in [0.05, 0.1) is 28.0 Å². The van der Waals surface area contributed by atoms with Crippen molar-refractivity contribution in [1.82, 2.24) is 0 Å². The first kappa shape index (κ1) is 27.1.